The summed E-state index contributed by atoms with van der Waals surface area (Å²) in [6.45, 7) is 2.79. The Balaban J connectivity index is 2.27. The summed E-state index contributed by atoms with van der Waals surface area (Å²) in [6, 6.07) is 7.68. The van der Waals surface area contributed by atoms with Crippen LogP contribution in [0.2, 0.25) is 0 Å². The lowest BCUT2D eigenvalue weighted by Crippen LogP contribution is -2.47. The number of anilines is 1. The number of carbonyl (C=O) groups is 1. The molecule has 0 saturated carbocycles. The lowest BCUT2D eigenvalue weighted by atomic mass is 10.0. The molecule has 0 saturated heterocycles. The Labute approximate surface area is 113 Å². The van der Waals surface area contributed by atoms with Crippen LogP contribution in [0.3, 0.4) is 0 Å². The minimum absolute atomic E-state index is 0.323. The fraction of sp³-hybridized carbons (Fsp3) is 0.400. The summed E-state index contributed by atoms with van der Waals surface area (Å²) in [7, 11) is 0. The van der Waals surface area contributed by atoms with E-state index in [1.807, 2.05) is 30.3 Å². The van der Waals surface area contributed by atoms with Gasteiger partial charge in [-0.05, 0) is 18.1 Å². The molecule has 1 amide bonds. The molecule has 4 heteroatoms. The number of nitrogens with one attached hydrogen (secondary N) is 1. The van der Waals surface area contributed by atoms with Crippen LogP contribution in [0.5, 0.6) is 0 Å². The monoisotopic (exact) mass is 260 g/mol. The smallest absolute Gasteiger partial charge is 0.266 e. The Morgan fingerprint density at radius 3 is 3.00 bits per heavy atom. The average molecular weight is 260 g/mol. The first-order valence-electron chi connectivity index (χ1n) is 6.74. The summed E-state index contributed by atoms with van der Waals surface area (Å²) in [5, 5.41) is 8.94. The molecule has 0 radical (unpaired) electrons. The largest absolute Gasteiger partial charge is 0.355 e. The minimum Gasteiger partial charge on any atom is -0.355 e. The second-order valence-corrected chi connectivity index (χ2v) is 4.75. The van der Waals surface area contributed by atoms with E-state index < -0.39 is 0 Å². The van der Waals surface area contributed by atoms with Crippen LogP contribution in [0, 0.1) is 0 Å². The summed E-state index contributed by atoms with van der Waals surface area (Å²) < 4.78 is 0. The van der Waals surface area contributed by atoms with Gasteiger partial charge in [-0.25, -0.2) is 5.48 Å². The van der Waals surface area contributed by atoms with E-state index >= 15 is 0 Å². The highest BCUT2D eigenvalue weighted by atomic mass is 16.5. The lowest BCUT2D eigenvalue weighted by Gasteiger charge is -2.34. The molecule has 19 heavy (non-hydrogen) atoms. The van der Waals surface area contributed by atoms with Gasteiger partial charge in [-0.15, -0.1) is 0 Å². The van der Waals surface area contributed by atoms with Crippen molar-refractivity contribution in [3.8, 4) is 0 Å². The summed E-state index contributed by atoms with van der Waals surface area (Å²) in [6.07, 6.45) is 6.84. The summed E-state index contributed by atoms with van der Waals surface area (Å²) in [5.74, 6) is -0.335. The van der Waals surface area contributed by atoms with Crippen molar-refractivity contribution >= 4 is 17.7 Å². The standard InChI is InChI=1S/C15H20N2O2/c1-2-3-9-14(15(18)16-19)17-11-6-8-12-7-4-5-10-13(12)17/h4-8,10,14,19H,2-3,9,11H2,1H3,(H,16,18). The van der Waals surface area contributed by atoms with Gasteiger partial charge in [0.25, 0.3) is 5.91 Å². The van der Waals surface area contributed by atoms with Crippen LogP contribution in [-0.4, -0.2) is 23.7 Å². The maximum atomic E-state index is 11.9. The van der Waals surface area contributed by atoms with Gasteiger partial charge in [0, 0.05) is 12.2 Å². The van der Waals surface area contributed by atoms with E-state index in [9.17, 15) is 4.79 Å². The molecular weight excluding hydrogens is 240 g/mol. The summed E-state index contributed by atoms with van der Waals surface area (Å²) in [4.78, 5) is 14.0. The number of benzene rings is 1. The van der Waals surface area contributed by atoms with Crippen LogP contribution in [0.4, 0.5) is 5.69 Å². The highest BCUT2D eigenvalue weighted by Gasteiger charge is 2.27. The van der Waals surface area contributed by atoms with Crippen molar-refractivity contribution in [1.29, 1.82) is 0 Å². The van der Waals surface area contributed by atoms with Crippen LogP contribution >= 0.6 is 0 Å². The number of unbranched alkanes of at least 4 members (excludes halogenated alkanes) is 1. The van der Waals surface area contributed by atoms with E-state index in [1.165, 1.54) is 0 Å². The van der Waals surface area contributed by atoms with Crippen molar-refractivity contribution < 1.29 is 10.0 Å². The lowest BCUT2D eigenvalue weighted by molar-refractivity contribution is -0.130. The predicted octanol–water partition coefficient (Wildman–Crippen LogP) is 2.58. The first-order valence-corrected chi connectivity index (χ1v) is 6.74. The molecule has 1 atom stereocenters. The third kappa shape index (κ3) is 2.96. The molecule has 0 aliphatic carbocycles. The van der Waals surface area contributed by atoms with Crippen molar-refractivity contribution in [3.05, 3.63) is 35.9 Å². The van der Waals surface area contributed by atoms with Crippen molar-refractivity contribution in [1.82, 2.24) is 5.48 Å². The number of para-hydroxylation sites is 1. The molecule has 0 aromatic heterocycles. The molecule has 2 N–H and O–H groups in total. The zero-order valence-corrected chi connectivity index (χ0v) is 11.2. The average Bonchev–Trinajstić information content (AvgIpc) is 2.47. The van der Waals surface area contributed by atoms with Gasteiger partial charge in [0.05, 0.1) is 0 Å². The second kappa shape index (κ2) is 6.38. The van der Waals surface area contributed by atoms with Crippen LogP contribution in [0.25, 0.3) is 6.08 Å². The first-order chi connectivity index (χ1) is 9.27. The molecule has 0 bridgehead atoms. The molecule has 1 aliphatic rings. The van der Waals surface area contributed by atoms with Gasteiger partial charge in [0.1, 0.15) is 6.04 Å². The number of carbonyl (C=O) groups excluding carboxylic acids is 1. The normalized spacial score (nSPS) is 14.9. The number of hydrogen-bond acceptors (Lipinski definition) is 3. The predicted molar refractivity (Wildman–Crippen MR) is 76.1 cm³/mol. The SMILES string of the molecule is CCCCC(C(=O)NO)N1CC=Cc2ccccc21. The molecule has 1 aromatic carbocycles. The van der Waals surface area contributed by atoms with E-state index in [0.29, 0.717) is 6.54 Å². The second-order valence-electron chi connectivity index (χ2n) is 4.75. The summed E-state index contributed by atoms with van der Waals surface area (Å²) >= 11 is 0. The number of amides is 1. The first kappa shape index (κ1) is 13.6. The van der Waals surface area contributed by atoms with Gasteiger partial charge < -0.3 is 4.90 Å². The van der Waals surface area contributed by atoms with Crippen LogP contribution in [0.15, 0.2) is 30.3 Å². The van der Waals surface area contributed by atoms with Crippen molar-refractivity contribution in [2.45, 2.75) is 32.2 Å². The Morgan fingerprint density at radius 2 is 2.26 bits per heavy atom. The van der Waals surface area contributed by atoms with Crippen LogP contribution < -0.4 is 10.4 Å². The number of fused-ring (bicyclic) bond motifs is 1. The Bertz CT molecular complexity index is 471. The molecule has 0 fully saturated rings. The van der Waals surface area contributed by atoms with Gasteiger partial charge in [-0.1, -0.05) is 50.1 Å². The molecule has 1 aliphatic heterocycles. The maximum absolute atomic E-state index is 11.9. The highest BCUT2D eigenvalue weighted by Crippen LogP contribution is 2.28. The molecule has 102 valence electrons. The third-order valence-electron chi connectivity index (χ3n) is 3.47. The molecule has 1 aromatic rings. The van der Waals surface area contributed by atoms with Gasteiger partial charge >= 0.3 is 0 Å². The van der Waals surface area contributed by atoms with E-state index in [0.717, 1.165) is 30.5 Å². The molecule has 2 rings (SSSR count). The van der Waals surface area contributed by atoms with Crippen molar-refractivity contribution in [2.75, 3.05) is 11.4 Å². The highest BCUT2D eigenvalue weighted by molar-refractivity contribution is 5.86. The number of rotatable bonds is 5. The Hall–Kier alpha value is -1.81. The summed E-state index contributed by atoms with van der Waals surface area (Å²) in [5.41, 5.74) is 3.96. The molecule has 1 unspecified atom stereocenters. The molecule has 1 heterocycles. The van der Waals surface area contributed by atoms with Gasteiger partial charge in [-0.2, -0.15) is 0 Å². The van der Waals surface area contributed by atoms with E-state index in [-0.39, 0.29) is 11.9 Å². The van der Waals surface area contributed by atoms with E-state index in [1.54, 1.807) is 5.48 Å². The fourth-order valence-corrected chi connectivity index (χ4v) is 2.48. The topological polar surface area (TPSA) is 52.6 Å². The fourth-order valence-electron chi connectivity index (χ4n) is 2.48. The number of nitrogens with zero attached hydrogens (tertiary/aromatic N) is 1. The van der Waals surface area contributed by atoms with E-state index in [2.05, 4.69) is 17.9 Å². The molecule has 0 spiro atoms. The molecular formula is C15H20N2O2. The zero-order chi connectivity index (χ0) is 13.7. The quantitative estimate of drug-likeness (QED) is 0.632. The van der Waals surface area contributed by atoms with Crippen LogP contribution in [0.1, 0.15) is 31.7 Å². The zero-order valence-electron chi connectivity index (χ0n) is 11.2. The third-order valence-corrected chi connectivity index (χ3v) is 3.47. The number of hydrogen-bond donors (Lipinski definition) is 2. The number of hydroxylamine groups is 1. The van der Waals surface area contributed by atoms with Crippen LogP contribution in [-0.2, 0) is 4.79 Å². The van der Waals surface area contributed by atoms with Gasteiger partial charge in [0.15, 0.2) is 0 Å². The van der Waals surface area contributed by atoms with Crippen molar-refractivity contribution in [2.24, 2.45) is 0 Å². The molecule has 4 nitrogen and oxygen atoms in total. The Kier molecular flexibility index (Phi) is 4.58. The van der Waals surface area contributed by atoms with E-state index in [4.69, 9.17) is 5.21 Å². The minimum atomic E-state index is -0.335. The maximum Gasteiger partial charge on any atom is 0.266 e. The van der Waals surface area contributed by atoms with Crippen molar-refractivity contribution in [3.63, 3.8) is 0 Å². The van der Waals surface area contributed by atoms with Gasteiger partial charge in [-0.3, -0.25) is 10.0 Å². The van der Waals surface area contributed by atoms with Gasteiger partial charge in [0.2, 0.25) is 0 Å². The Morgan fingerprint density at radius 1 is 1.47 bits per heavy atom.